The quantitative estimate of drug-likeness (QED) is 0.383. The molecule has 1 fully saturated rings. The maximum Gasteiger partial charge on any atom is 0.228 e. The zero-order valence-corrected chi connectivity index (χ0v) is 21.9. The van der Waals surface area contributed by atoms with Crippen molar-refractivity contribution >= 4 is 15.7 Å². The Kier molecular flexibility index (Phi) is 8.59. The van der Waals surface area contributed by atoms with Gasteiger partial charge in [0.2, 0.25) is 20.9 Å². The van der Waals surface area contributed by atoms with Gasteiger partial charge < -0.3 is 14.2 Å². The van der Waals surface area contributed by atoms with Gasteiger partial charge in [0.25, 0.3) is 0 Å². The number of methoxy groups -OCH3 is 1. The van der Waals surface area contributed by atoms with Crippen LogP contribution in [0.5, 0.6) is 0 Å². The number of imidazole rings is 1. The molecule has 192 valence electrons. The van der Waals surface area contributed by atoms with E-state index in [2.05, 4.69) is 4.98 Å². The van der Waals surface area contributed by atoms with Gasteiger partial charge in [-0.25, -0.2) is 13.4 Å². The van der Waals surface area contributed by atoms with Crippen molar-refractivity contribution in [3.8, 4) is 0 Å². The summed E-state index contributed by atoms with van der Waals surface area (Å²) in [5.74, 6) is 0.0113. The summed E-state index contributed by atoms with van der Waals surface area (Å²) < 4.78 is 34.2. The summed E-state index contributed by atoms with van der Waals surface area (Å²) in [7, 11) is -2.11. The number of nitrogens with zero attached hydrogens (tertiary/aromatic N) is 3. The van der Waals surface area contributed by atoms with Gasteiger partial charge in [0.1, 0.15) is 0 Å². The van der Waals surface area contributed by atoms with Crippen LogP contribution in [0.1, 0.15) is 48.1 Å². The van der Waals surface area contributed by atoms with Gasteiger partial charge in [-0.15, -0.1) is 0 Å². The molecular weight excluding hydrogens is 474 g/mol. The van der Waals surface area contributed by atoms with Gasteiger partial charge in [-0.3, -0.25) is 4.79 Å². The Morgan fingerprint density at radius 2 is 1.78 bits per heavy atom. The summed E-state index contributed by atoms with van der Waals surface area (Å²) in [5.41, 5.74) is 3.35. The molecule has 7 nitrogen and oxygen atoms in total. The molecule has 3 aromatic rings. The van der Waals surface area contributed by atoms with Gasteiger partial charge in [-0.05, 0) is 36.5 Å². The van der Waals surface area contributed by atoms with Crippen molar-refractivity contribution in [2.24, 2.45) is 5.92 Å². The Labute approximate surface area is 214 Å². The highest BCUT2D eigenvalue weighted by Crippen LogP contribution is 2.28. The first-order valence-electron chi connectivity index (χ1n) is 12.5. The molecule has 1 aliphatic carbocycles. The number of carbonyl (C=O) groups excluding carboxylic acids is 1. The molecule has 0 atom stereocenters. The van der Waals surface area contributed by atoms with Crippen molar-refractivity contribution in [1.29, 1.82) is 0 Å². The molecule has 0 N–H and O–H groups in total. The number of rotatable bonds is 11. The lowest BCUT2D eigenvalue weighted by Crippen LogP contribution is -2.37. The predicted octanol–water partition coefficient (Wildman–Crippen LogP) is 4.38. The van der Waals surface area contributed by atoms with E-state index in [0.29, 0.717) is 31.9 Å². The topological polar surface area (TPSA) is 81.5 Å². The fourth-order valence-electron chi connectivity index (χ4n) is 4.84. The molecule has 0 bridgehead atoms. The van der Waals surface area contributed by atoms with Gasteiger partial charge >= 0.3 is 0 Å². The van der Waals surface area contributed by atoms with E-state index in [-0.39, 0.29) is 22.7 Å². The minimum Gasteiger partial charge on any atom is -0.383 e. The average molecular weight is 510 g/mol. The molecule has 0 radical (unpaired) electrons. The summed E-state index contributed by atoms with van der Waals surface area (Å²) in [6.07, 6.45) is 5.56. The average Bonchev–Trinajstić information content (AvgIpc) is 3.54. The molecule has 0 unspecified atom stereocenters. The van der Waals surface area contributed by atoms with Crippen molar-refractivity contribution in [3.63, 3.8) is 0 Å². The number of amides is 1. The molecule has 1 aliphatic rings. The zero-order chi connectivity index (χ0) is 25.5. The van der Waals surface area contributed by atoms with Crippen LogP contribution in [0.3, 0.4) is 0 Å². The molecule has 1 heterocycles. The molecule has 0 aliphatic heterocycles. The van der Waals surface area contributed by atoms with E-state index in [4.69, 9.17) is 4.74 Å². The van der Waals surface area contributed by atoms with Crippen molar-refractivity contribution in [2.45, 2.75) is 56.6 Å². The SMILES string of the molecule is COCCN(Cc1cnc(S(=O)(=O)Cc2ccccc2C)n1Cc1ccccc1)C(=O)C1CCCC1. The van der Waals surface area contributed by atoms with Crippen LogP contribution in [-0.4, -0.2) is 49.0 Å². The number of hydrogen-bond donors (Lipinski definition) is 0. The number of hydrogen-bond acceptors (Lipinski definition) is 5. The Morgan fingerprint density at radius 3 is 2.47 bits per heavy atom. The fraction of sp³-hybridized carbons (Fsp3) is 0.429. The molecular formula is C28H35N3O4S. The number of carbonyl (C=O) groups is 1. The summed E-state index contributed by atoms with van der Waals surface area (Å²) in [6, 6.07) is 17.2. The number of sulfone groups is 1. The second kappa shape index (κ2) is 11.8. The second-order valence-corrected chi connectivity index (χ2v) is 11.4. The number of aryl methyl sites for hydroxylation is 1. The second-order valence-electron chi connectivity index (χ2n) is 9.52. The van der Waals surface area contributed by atoms with Crippen LogP contribution in [0.15, 0.2) is 66.0 Å². The Hall–Kier alpha value is -2.97. The van der Waals surface area contributed by atoms with Crippen molar-refractivity contribution in [2.75, 3.05) is 20.3 Å². The number of benzene rings is 2. The first kappa shape index (κ1) is 26.1. The summed E-state index contributed by atoms with van der Waals surface area (Å²) in [5, 5.41) is 0.0320. The summed E-state index contributed by atoms with van der Waals surface area (Å²) in [6.45, 7) is 3.43. The fourth-order valence-corrected chi connectivity index (χ4v) is 6.43. The lowest BCUT2D eigenvalue weighted by Gasteiger charge is -2.26. The molecule has 1 saturated carbocycles. The third kappa shape index (κ3) is 6.23. The summed E-state index contributed by atoms with van der Waals surface area (Å²) >= 11 is 0. The zero-order valence-electron chi connectivity index (χ0n) is 21.1. The minimum atomic E-state index is -3.73. The maximum atomic E-state index is 13.6. The van der Waals surface area contributed by atoms with Crippen molar-refractivity contribution in [1.82, 2.24) is 14.5 Å². The molecule has 36 heavy (non-hydrogen) atoms. The lowest BCUT2D eigenvalue weighted by atomic mass is 10.1. The standard InChI is InChI=1S/C28H35N3O4S/c1-22-10-6-7-15-25(22)21-36(33,34)28-29-18-26(31(28)19-23-11-4-3-5-12-23)20-30(16-17-35-2)27(32)24-13-8-9-14-24/h3-7,10-12,15,18,24H,8-9,13-14,16-17,19-21H2,1-2H3. The van der Waals surface area contributed by atoms with Gasteiger partial charge in [0.05, 0.1) is 37.3 Å². The number of ether oxygens (including phenoxy) is 1. The molecule has 1 aromatic heterocycles. The maximum absolute atomic E-state index is 13.6. The normalized spacial score (nSPS) is 14.3. The van der Waals surface area contributed by atoms with Crippen molar-refractivity contribution < 1.29 is 17.9 Å². The van der Waals surface area contributed by atoms with E-state index >= 15 is 0 Å². The lowest BCUT2D eigenvalue weighted by molar-refractivity contribution is -0.136. The monoisotopic (exact) mass is 509 g/mol. The molecule has 8 heteroatoms. The van der Waals surface area contributed by atoms with Crippen LogP contribution < -0.4 is 0 Å². The third-order valence-corrected chi connectivity index (χ3v) is 8.48. The molecule has 1 amide bonds. The third-order valence-electron chi connectivity index (χ3n) is 6.90. The minimum absolute atomic E-state index is 0.0246. The van der Waals surface area contributed by atoms with Crippen LogP contribution >= 0.6 is 0 Å². The summed E-state index contributed by atoms with van der Waals surface area (Å²) in [4.78, 5) is 19.5. The molecule has 0 spiro atoms. The first-order chi connectivity index (χ1) is 17.4. The molecule has 4 rings (SSSR count). The highest BCUT2D eigenvalue weighted by atomic mass is 32.2. The first-order valence-corrected chi connectivity index (χ1v) is 14.2. The van der Waals surface area contributed by atoms with Crippen LogP contribution in [0.4, 0.5) is 0 Å². The van der Waals surface area contributed by atoms with E-state index in [1.807, 2.05) is 61.5 Å². The Bertz CT molecular complexity index is 1260. The van der Waals surface area contributed by atoms with Crippen LogP contribution in [0.2, 0.25) is 0 Å². The van der Waals surface area contributed by atoms with E-state index in [0.717, 1.165) is 42.4 Å². The van der Waals surface area contributed by atoms with E-state index in [9.17, 15) is 13.2 Å². The van der Waals surface area contributed by atoms with E-state index in [1.165, 1.54) is 0 Å². The largest absolute Gasteiger partial charge is 0.383 e. The molecule has 2 aromatic carbocycles. The van der Waals surface area contributed by atoms with Crippen LogP contribution in [0, 0.1) is 12.8 Å². The highest BCUT2D eigenvalue weighted by molar-refractivity contribution is 7.90. The molecule has 0 saturated heterocycles. The van der Waals surface area contributed by atoms with Gasteiger partial charge in [0, 0.05) is 19.6 Å². The Balaban J connectivity index is 1.69. The predicted molar refractivity (Wildman–Crippen MR) is 139 cm³/mol. The van der Waals surface area contributed by atoms with E-state index in [1.54, 1.807) is 22.8 Å². The van der Waals surface area contributed by atoms with Gasteiger partial charge in [0.15, 0.2) is 0 Å². The van der Waals surface area contributed by atoms with Crippen LogP contribution in [0.25, 0.3) is 0 Å². The smallest absolute Gasteiger partial charge is 0.228 e. The van der Waals surface area contributed by atoms with Gasteiger partial charge in [-0.1, -0.05) is 67.4 Å². The van der Waals surface area contributed by atoms with Gasteiger partial charge in [-0.2, -0.15) is 0 Å². The number of aromatic nitrogens is 2. The highest BCUT2D eigenvalue weighted by Gasteiger charge is 2.30. The van der Waals surface area contributed by atoms with Crippen LogP contribution in [-0.2, 0) is 38.2 Å². The Morgan fingerprint density at radius 1 is 1.08 bits per heavy atom. The van der Waals surface area contributed by atoms with E-state index < -0.39 is 9.84 Å². The van der Waals surface area contributed by atoms with Crippen molar-refractivity contribution in [3.05, 3.63) is 83.2 Å².